The van der Waals surface area contributed by atoms with Gasteiger partial charge in [-0.25, -0.2) is 4.79 Å². The third-order valence-electron chi connectivity index (χ3n) is 4.88. The Balaban J connectivity index is 1.87. The Bertz CT molecular complexity index is 977. The van der Waals surface area contributed by atoms with Gasteiger partial charge in [-0.05, 0) is 36.1 Å². The number of carboxylic acid groups (broad SMARTS) is 1. The van der Waals surface area contributed by atoms with Crippen molar-refractivity contribution in [3.8, 4) is 0 Å². The number of thiophene rings is 1. The second-order valence-corrected chi connectivity index (χ2v) is 7.86. The molecule has 1 unspecified atom stereocenters. The van der Waals surface area contributed by atoms with E-state index in [9.17, 15) is 19.5 Å². The number of aromatic carboxylic acids is 1. The fourth-order valence-corrected chi connectivity index (χ4v) is 4.74. The van der Waals surface area contributed by atoms with Crippen LogP contribution in [0.15, 0.2) is 30.5 Å². The number of amides is 2. The van der Waals surface area contributed by atoms with E-state index in [1.54, 1.807) is 6.20 Å². The fraction of sp³-hybridized carbons (Fsp3) is 0.286. The lowest BCUT2D eigenvalue weighted by molar-refractivity contribution is -0.129. The van der Waals surface area contributed by atoms with Gasteiger partial charge in [0.05, 0.1) is 18.0 Å². The van der Waals surface area contributed by atoms with Crippen molar-refractivity contribution in [1.29, 1.82) is 0 Å². The summed E-state index contributed by atoms with van der Waals surface area (Å²) in [7, 11) is 0. The quantitative estimate of drug-likeness (QED) is 0.789. The Morgan fingerprint density at radius 3 is 2.61 bits per heavy atom. The Labute approximate surface area is 167 Å². The molecule has 2 amide bonds. The summed E-state index contributed by atoms with van der Waals surface area (Å²) >= 11 is 1.27. The lowest BCUT2D eigenvalue weighted by atomic mass is 9.93. The van der Waals surface area contributed by atoms with Crippen LogP contribution in [0.25, 0.3) is 6.08 Å². The molecular formula is C21H22N2O4S. The van der Waals surface area contributed by atoms with E-state index in [-0.39, 0.29) is 23.8 Å². The number of anilines is 1. The van der Waals surface area contributed by atoms with Gasteiger partial charge < -0.3 is 15.3 Å². The zero-order valence-corrected chi connectivity index (χ0v) is 16.8. The maximum absolute atomic E-state index is 12.8. The minimum Gasteiger partial charge on any atom is -0.478 e. The van der Waals surface area contributed by atoms with Crippen LogP contribution in [0.2, 0.25) is 0 Å². The number of fused-ring (bicyclic) bond motifs is 1. The highest BCUT2D eigenvalue weighted by Crippen LogP contribution is 2.36. The predicted molar refractivity (Wildman–Crippen MR) is 109 cm³/mol. The van der Waals surface area contributed by atoms with E-state index in [1.165, 1.54) is 23.2 Å². The number of carboxylic acids is 1. The van der Waals surface area contributed by atoms with Crippen molar-refractivity contribution in [3.05, 3.63) is 57.6 Å². The Morgan fingerprint density at radius 1 is 1.25 bits per heavy atom. The van der Waals surface area contributed by atoms with Gasteiger partial charge in [0.1, 0.15) is 5.00 Å². The van der Waals surface area contributed by atoms with Gasteiger partial charge in [-0.1, -0.05) is 31.2 Å². The largest absolute Gasteiger partial charge is 0.478 e. The number of nitrogens with one attached hydrogen (secondary N) is 1. The SMILES string of the molecule is CCc1c(C)sc(NC(=O)CC2c3ccccc3C=CN2C(C)=O)c1C(=O)O. The lowest BCUT2D eigenvalue weighted by Crippen LogP contribution is -2.33. The number of benzene rings is 1. The van der Waals surface area contributed by atoms with Gasteiger partial charge in [0, 0.05) is 18.0 Å². The van der Waals surface area contributed by atoms with Gasteiger partial charge in [-0.3, -0.25) is 9.59 Å². The van der Waals surface area contributed by atoms with Crippen LogP contribution >= 0.6 is 11.3 Å². The molecule has 1 aromatic carbocycles. The third-order valence-corrected chi connectivity index (χ3v) is 5.94. The van der Waals surface area contributed by atoms with E-state index in [0.717, 1.165) is 21.6 Å². The maximum atomic E-state index is 12.8. The summed E-state index contributed by atoms with van der Waals surface area (Å²) in [5, 5.41) is 12.7. The highest BCUT2D eigenvalue weighted by molar-refractivity contribution is 7.16. The van der Waals surface area contributed by atoms with Crippen molar-refractivity contribution < 1.29 is 19.5 Å². The van der Waals surface area contributed by atoms with Crippen LogP contribution in [-0.2, 0) is 16.0 Å². The Kier molecular flexibility index (Phi) is 5.65. The summed E-state index contributed by atoms with van der Waals surface area (Å²) in [6.07, 6.45) is 4.16. The van der Waals surface area contributed by atoms with Crippen molar-refractivity contribution in [2.45, 2.75) is 39.7 Å². The second kappa shape index (κ2) is 7.98. The van der Waals surface area contributed by atoms with Crippen molar-refractivity contribution >= 4 is 40.2 Å². The van der Waals surface area contributed by atoms with E-state index in [4.69, 9.17) is 0 Å². The molecule has 6 nitrogen and oxygen atoms in total. The summed E-state index contributed by atoms with van der Waals surface area (Å²) in [6.45, 7) is 5.20. The van der Waals surface area contributed by atoms with Crippen LogP contribution in [-0.4, -0.2) is 27.8 Å². The third kappa shape index (κ3) is 3.71. The first-order chi connectivity index (χ1) is 13.3. The summed E-state index contributed by atoms with van der Waals surface area (Å²) < 4.78 is 0. The first-order valence-electron chi connectivity index (χ1n) is 9.04. The molecule has 2 aromatic rings. The first kappa shape index (κ1) is 19.8. The molecule has 0 saturated carbocycles. The number of carbonyl (C=O) groups is 3. The smallest absolute Gasteiger partial charge is 0.339 e. The number of aryl methyl sites for hydroxylation is 1. The standard InChI is InChI=1S/C21H22N2O4S/c1-4-15-12(2)28-20(19(15)21(26)27)22-18(25)11-17-16-8-6-5-7-14(16)9-10-23(17)13(3)24/h5-10,17H,4,11H2,1-3H3,(H,22,25)(H,26,27). The molecule has 0 bridgehead atoms. The van der Waals surface area contributed by atoms with Gasteiger partial charge >= 0.3 is 5.97 Å². The molecule has 7 heteroatoms. The molecule has 3 rings (SSSR count). The normalized spacial score (nSPS) is 15.2. The van der Waals surface area contributed by atoms with Crippen LogP contribution in [0.5, 0.6) is 0 Å². The fourth-order valence-electron chi connectivity index (χ4n) is 3.59. The molecule has 1 aliphatic rings. The Morgan fingerprint density at radius 2 is 1.96 bits per heavy atom. The highest BCUT2D eigenvalue weighted by atomic mass is 32.1. The number of nitrogens with zero attached hydrogens (tertiary/aromatic N) is 1. The van der Waals surface area contributed by atoms with Crippen LogP contribution in [0.1, 0.15) is 58.2 Å². The summed E-state index contributed by atoms with van der Waals surface area (Å²) in [6, 6.07) is 7.19. The van der Waals surface area contributed by atoms with Gasteiger partial charge in [0.25, 0.3) is 0 Å². The maximum Gasteiger partial charge on any atom is 0.339 e. The van der Waals surface area contributed by atoms with Crippen molar-refractivity contribution in [3.63, 3.8) is 0 Å². The molecule has 0 radical (unpaired) electrons. The van der Waals surface area contributed by atoms with E-state index in [2.05, 4.69) is 5.32 Å². The number of rotatable bonds is 5. The summed E-state index contributed by atoms with van der Waals surface area (Å²) in [4.78, 5) is 38.9. The molecule has 1 atom stereocenters. The van der Waals surface area contributed by atoms with Crippen molar-refractivity contribution in [2.24, 2.45) is 0 Å². The monoisotopic (exact) mass is 398 g/mol. The molecule has 2 heterocycles. The Hall–Kier alpha value is -2.93. The lowest BCUT2D eigenvalue weighted by Gasteiger charge is -2.32. The predicted octanol–water partition coefficient (Wildman–Crippen LogP) is 4.22. The molecule has 1 aromatic heterocycles. The molecule has 0 spiro atoms. The second-order valence-electron chi connectivity index (χ2n) is 6.64. The summed E-state index contributed by atoms with van der Waals surface area (Å²) in [5.41, 5.74) is 2.75. The van der Waals surface area contributed by atoms with Crippen LogP contribution in [0, 0.1) is 6.92 Å². The molecule has 0 saturated heterocycles. The van der Waals surface area contributed by atoms with Gasteiger partial charge in [-0.15, -0.1) is 11.3 Å². The topological polar surface area (TPSA) is 86.7 Å². The van der Waals surface area contributed by atoms with Crippen LogP contribution in [0.4, 0.5) is 5.00 Å². The molecule has 28 heavy (non-hydrogen) atoms. The average molecular weight is 398 g/mol. The molecule has 0 aliphatic carbocycles. The average Bonchev–Trinajstić information content (AvgIpc) is 2.96. The minimum absolute atomic E-state index is 0.0401. The minimum atomic E-state index is -1.05. The van der Waals surface area contributed by atoms with Crippen molar-refractivity contribution in [2.75, 3.05) is 5.32 Å². The summed E-state index contributed by atoms with van der Waals surface area (Å²) in [5.74, 6) is -1.53. The van der Waals surface area contributed by atoms with Gasteiger partial charge in [0.2, 0.25) is 11.8 Å². The molecule has 146 valence electrons. The van der Waals surface area contributed by atoms with Crippen LogP contribution in [0.3, 0.4) is 0 Å². The van der Waals surface area contributed by atoms with E-state index >= 15 is 0 Å². The van der Waals surface area contributed by atoms with E-state index < -0.39 is 12.0 Å². The zero-order chi connectivity index (χ0) is 20.4. The number of carbonyl (C=O) groups excluding carboxylic acids is 2. The van der Waals surface area contributed by atoms with Crippen molar-refractivity contribution in [1.82, 2.24) is 4.90 Å². The molecule has 1 aliphatic heterocycles. The number of hydrogen-bond acceptors (Lipinski definition) is 4. The van der Waals surface area contributed by atoms with E-state index in [1.807, 2.05) is 44.2 Å². The zero-order valence-electron chi connectivity index (χ0n) is 16.0. The van der Waals surface area contributed by atoms with E-state index in [0.29, 0.717) is 11.4 Å². The molecule has 2 N–H and O–H groups in total. The molecule has 0 fully saturated rings. The highest BCUT2D eigenvalue weighted by Gasteiger charge is 2.29. The van der Waals surface area contributed by atoms with Gasteiger partial charge in [-0.2, -0.15) is 0 Å². The van der Waals surface area contributed by atoms with Gasteiger partial charge in [0.15, 0.2) is 0 Å². The number of hydrogen-bond donors (Lipinski definition) is 2. The first-order valence-corrected chi connectivity index (χ1v) is 9.86. The molecular weight excluding hydrogens is 376 g/mol. The van der Waals surface area contributed by atoms with Crippen LogP contribution < -0.4 is 5.32 Å².